The van der Waals surface area contributed by atoms with Gasteiger partial charge in [-0.2, -0.15) is 4.98 Å². The topological polar surface area (TPSA) is 97.6 Å². The van der Waals surface area contributed by atoms with Gasteiger partial charge in [0, 0.05) is 31.5 Å². The number of hydrogen-bond acceptors (Lipinski definition) is 6. The number of carbonyl (C=O) groups is 2. The number of rotatable bonds is 7. The summed E-state index contributed by atoms with van der Waals surface area (Å²) in [4.78, 5) is 33.3. The van der Waals surface area contributed by atoms with E-state index in [1.54, 1.807) is 0 Å². The second-order valence-electron chi connectivity index (χ2n) is 10.3. The molecule has 1 aliphatic carbocycles. The zero-order chi connectivity index (χ0) is 26.2. The first kappa shape index (κ1) is 26.1. The van der Waals surface area contributed by atoms with E-state index in [9.17, 15) is 9.59 Å². The zero-order valence-electron chi connectivity index (χ0n) is 21.8. The van der Waals surface area contributed by atoms with Gasteiger partial charge in [0.2, 0.25) is 17.7 Å². The lowest BCUT2D eigenvalue weighted by Gasteiger charge is -2.32. The fourth-order valence-electron chi connectivity index (χ4n) is 5.62. The van der Waals surface area contributed by atoms with Crippen molar-refractivity contribution in [2.75, 3.05) is 19.7 Å². The van der Waals surface area contributed by atoms with E-state index in [0.29, 0.717) is 50.7 Å². The number of fused-ring (bicyclic) bond motifs is 1. The van der Waals surface area contributed by atoms with Crippen molar-refractivity contribution in [2.45, 2.75) is 63.5 Å². The van der Waals surface area contributed by atoms with Gasteiger partial charge >= 0.3 is 0 Å². The first-order valence-electron chi connectivity index (χ1n) is 13.7. The maximum Gasteiger partial charge on any atom is 0.248 e. The van der Waals surface area contributed by atoms with Crippen LogP contribution in [-0.2, 0) is 27.4 Å². The number of ether oxygens (including phenoxy) is 1. The van der Waals surface area contributed by atoms with Crippen molar-refractivity contribution in [3.05, 3.63) is 83.5 Å². The normalized spacial score (nSPS) is 22.4. The zero-order valence-corrected chi connectivity index (χ0v) is 21.8. The van der Waals surface area contributed by atoms with Crippen LogP contribution in [0.5, 0.6) is 0 Å². The summed E-state index contributed by atoms with van der Waals surface area (Å²) in [5.74, 6) is 0.727. The molecule has 1 saturated carbocycles. The van der Waals surface area contributed by atoms with E-state index in [1.165, 1.54) is 0 Å². The van der Waals surface area contributed by atoms with Crippen molar-refractivity contribution < 1.29 is 18.8 Å². The second-order valence-corrected chi connectivity index (χ2v) is 10.3. The minimum atomic E-state index is -0.319. The van der Waals surface area contributed by atoms with E-state index in [1.807, 2.05) is 65.6 Å². The monoisotopic (exact) mass is 516 g/mol. The van der Waals surface area contributed by atoms with Crippen molar-refractivity contribution in [3.8, 4) is 0 Å². The Morgan fingerprint density at radius 1 is 0.974 bits per heavy atom. The molecule has 2 amide bonds. The first-order valence-corrected chi connectivity index (χ1v) is 13.7. The van der Waals surface area contributed by atoms with Crippen LogP contribution in [0.4, 0.5) is 0 Å². The molecule has 38 heavy (non-hydrogen) atoms. The third-order valence-electron chi connectivity index (χ3n) is 7.59. The molecule has 0 radical (unpaired) electrons. The van der Waals surface area contributed by atoms with E-state index >= 15 is 0 Å². The Kier molecular flexibility index (Phi) is 8.81. The maximum atomic E-state index is 13.5. The molecule has 8 nitrogen and oxygen atoms in total. The summed E-state index contributed by atoms with van der Waals surface area (Å²) in [5, 5.41) is 7.32. The summed E-state index contributed by atoms with van der Waals surface area (Å²) >= 11 is 0. The van der Waals surface area contributed by atoms with Gasteiger partial charge in [-0.3, -0.25) is 9.59 Å². The molecule has 1 aliphatic heterocycles. The second kappa shape index (κ2) is 12.8. The van der Waals surface area contributed by atoms with Crippen LogP contribution in [0.2, 0.25) is 0 Å². The molecule has 3 aromatic rings. The van der Waals surface area contributed by atoms with Crippen molar-refractivity contribution in [1.82, 2.24) is 20.4 Å². The third-order valence-corrected chi connectivity index (χ3v) is 7.59. The van der Waals surface area contributed by atoms with Crippen molar-refractivity contribution in [2.24, 2.45) is 5.92 Å². The predicted octanol–water partition coefficient (Wildman–Crippen LogP) is 4.26. The fraction of sp³-hybridized carbons (Fsp3) is 0.467. The van der Waals surface area contributed by atoms with Crippen molar-refractivity contribution >= 4 is 11.8 Å². The Labute approximate surface area is 223 Å². The molecular formula is C30H36N4O4. The van der Waals surface area contributed by atoms with Gasteiger partial charge in [0.05, 0.1) is 12.5 Å². The third kappa shape index (κ3) is 6.67. The molecular weight excluding hydrogens is 480 g/mol. The van der Waals surface area contributed by atoms with Gasteiger partial charge in [-0.1, -0.05) is 78.7 Å². The molecule has 2 aromatic carbocycles. The van der Waals surface area contributed by atoms with Gasteiger partial charge < -0.3 is 19.5 Å². The number of nitrogens with one attached hydrogen (secondary N) is 1. The van der Waals surface area contributed by atoms with E-state index in [-0.39, 0.29) is 36.3 Å². The van der Waals surface area contributed by atoms with Gasteiger partial charge in [-0.15, -0.1) is 0 Å². The molecule has 2 fully saturated rings. The van der Waals surface area contributed by atoms with Crippen LogP contribution in [0.15, 0.2) is 65.2 Å². The molecule has 3 unspecified atom stereocenters. The van der Waals surface area contributed by atoms with Crippen molar-refractivity contribution in [3.63, 3.8) is 0 Å². The summed E-state index contributed by atoms with van der Waals surface area (Å²) < 4.78 is 11.5. The number of aromatic nitrogens is 2. The molecule has 1 aromatic heterocycles. The molecule has 8 heteroatoms. The SMILES string of the molecule is O=C1NCCCCCCN(C(=O)COCc2ccccc2)C2CC(c3nc(Cc4ccccc4)no3)CC12. The minimum absolute atomic E-state index is 0.00595. The molecule has 5 rings (SSSR count). The fourth-order valence-corrected chi connectivity index (χ4v) is 5.62. The lowest BCUT2D eigenvalue weighted by molar-refractivity contribution is -0.141. The molecule has 1 saturated heterocycles. The van der Waals surface area contributed by atoms with Crippen LogP contribution < -0.4 is 5.32 Å². The van der Waals surface area contributed by atoms with Crippen LogP contribution in [0.3, 0.4) is 0 Å². The van der Waals surface area contributed by atoms with E-state index < -0.39 is 0 Å². The molecule has 0 spiro atoms. The summed E-state index contributed by atoms with van der Waals surface area (Å²) in [6.07, 6.45) is 5.72. The number of carbonyl (C=O) groups excluding carboxylic acids is 2. The number of nitrogens with zero attached hydrogens (tertiary/aromatic N) is 3. The molecule has 3 atom stereocenters. The Morgan fingerprint density at radius 2 is 1.71 bits per heavy atom. The number of amides is 2. The Hall–Kier alpha value is -3.52. The summed E-state index contributed by atoms with van der Waals surface area (Å²) in [6, 6.07) is 19.6. The molecule has 2 aliphatic rings. The van der Waals surface area contributed by atoms with Crippen LogP contribution in [0, 0.1) is 5.92 Å². The number of hydrogen-bond donors (Lipinski definition) is 1. The molecule has 0 bridgehead atoms. The summed E-state index contributed by atoms with van der Waals surface area (Å²) in [5.41, 5.74) is 2.14. The average Bonchev–Trinajstić information content (AvgIpc) is 3.58. The van der Waals surface area contributed by atoms with E-state index in [0.717, 1.165) is 36.8 Å². The van der Waals surface area contributed by atoms with Crippen LogP contribution >= 0.6 is 0 Å². The van der Waals surface area contributed by atoms with Crippen molar-refractivity contribution in [1.29, 1.82) is 0 Å². The van der Waals surface area contributed by atoms with E-state index in [4.69, 9.17) is 9.26 Å². The standard InChI is InChI=1S/C30H36N4O4/c35-28(21-37-20-23-13-7-4-8-14-23)34-16-10-2-1-9-15-31-29(36)25-18-24(19-26(25)34)30-32-27(33-38-30)17-22-11-5-3-6-12-22/h3-8,11-14,24-26H,1-2,9-10,15-21H2,(H,31,36). The minimum Gasteiger partial charge on any atom is -0.367 e. The van der Waals surface area contributed by atoms with Gasteiger partial charge in [0.1, 0.15) is 6.61 Å². The first-order chi connectivity index (χ1) is 18.7. The van der Waals surface area contributed by atoms with Gasteiger partial charge in [0.15, 0.2) is 5.82 Å². The highest BCUT2D eigenvalue weighted by molar-refractivity contribution is 5.82. The quantitative estimate of drug-likeness (QED) is 0.504. The highest BCUT2D eigenvalue weighted by atomic mass is 16.5. The lowest BCUT2D eigenvalue weighted by atomic mass is 10.00. The summed E-state index contributed by atoms with van der Waals surface area (Å²) in [6.45, 7) is 1.66. The summed E-state index contributed by atoms with van der Waals surface area (Å²) in [7, 11) is 0. The van der Waals surface area contributed by atoms with Crippen LogP contribution in [0.25, 0.3) is 0 Å². The Morgan fingerprint density at radius 3 is 2.50 bits per heavy atom. The molecule has 1 N–H and O–H groups in total. The van der Waals surface area contributed by atoms with Gasteiger partial charge in [-0.05, 0) is 36.8 Å². The molecule has 2 heterocycles. The van der Waals surface area contributed by atoms with Crippen LogP contribution in [-0.4, -0.2) is 52.6 Å². The Balaban J connectivity index is 1.30. The highest BCUT2D eigenvalue weighted by Gasteiger charge is 2.45. The van der Waals surface area contributed by atoms with Crippen LogP contribution in [0.1, 0.15) is 67.3 Å². The maximum absolute atomic E-state index is 13.5. The number of benzene rings is 2. The lowest BCUT2D eigenvalue weighted by Crippen LogP contribution is -2.48. The van der Waals surface area contributed by atoms with Gasteiger partial charge in [0.25, 0.3) is 0 Å². The smallest absolute Gasteiger partial charge is 0.248 e. The van der Waals surface area contributed by atoms with E-state index in [2.05, 4.69) is 15.5 Å². The average molecular weight is 517 g/mol. The predicted molar refractivity (Wildman–Crippen MR) is 142 cm³/mol. The Bertz CT molecular complexity index is 1180. The largest absolute Gasteiger partial charge is 0.367 e. The highest BCUT2D eigenvalue weighted by Crippen LogP contribution is 2.41. The van der Waals surface area contributed by atoms with Gasteiger partial charge in [-0.25, -0.2) is 0 Å². The molecule has 200 valence electrons.